The first-order valence-electron chi connectivity index (χ1n) is 18.0. The molecule has 2 nitrogen and oxygen atoms in total. The topological polar surface area (TPSA) is 25.3 Å². The Kier molecular flexibility index (Phi) is 16.4. The Morgan fingerprint density at radius 2 is 1.07 bits per heavy atom. The van der Waals surface area contributed by atoms with Crippen LogP contribution in [0.2, 0.25) is 0 Å². The lowest BCUT2D eigenvalue weighted by Crippen LogP contribution is -2.03. The Morgan fingerprint density at radius 3 is 1.65 bits per heavy atom. The average Bonchev–Trinajstić information content (AvgIpc) is 3.30. The van der Waals surface area contributed by atoms with E-state index in [-0.39, 0.29) is 0 Å². The summed E-state index contributed by atoms with van der Waals surface area (Å²) in [5.41, 5.74) is 21.4. The molecule has 0 saturated heterocycles. The smallest absolute Gasteiger partial charge is 0.215 e. The Hall–Kier alpha value is -2.74. The summed E-state index contributed by atoms with van der Waals surface area (Å²) < 4.78 is 1.54. The quantitative estimate of drug-likeness (QED) is 0.0977. The number of benzene rings is 2. The van der Waals surface area contributed by atoms with E-state index in [1.807, 2.05) is 0 Å². The maximum Gasteiger partial charge on any atom is 0.215 e. The molecule has 1 aliphatic rings. The SMILES string of the molecule is CCCCCCCCCC=CC1=C(c2cccc(CCCCC)c2)[N+](=[N-])C(c2cccc(CCCCC)c2)=C1CCCC. The minimum Gasteiger partial charge on any atom is -0.493 e. The first-order chi connectivity index (χ1) is 21.1. The minimum atomic E-state index is 0.950. The normalized spacial score (nSPS) is 13.7. The standard InChI is InChI=1S/C41H60N2/c1-5-9-13-14-15-16-17-18-21-31-39-38(30-12-8-4)40(36-28-22-26-34(32-36)24-19-10-6-2)43(42)41(39)37-29-23-27-35(33-37)25-20-11-7-3/h21-23,26-29,31-33H,5-20,24-25,30H2,1-4H3. The van der Waals surface area contributed by atoms with Crippen LogP contribution in [0.25, 0.3) is 16.9 Å². The molecule has 0 spiro atoms. The van der Waals surface area contributed by atoms with Gasteiger partial charge in [-0.2, -0.15) is 0 Å². The molecule has 0 bridgehead atoms. The van der Waals surface area contributed by atoms with Crippen molar-refractivity contribution in [1.82, 2.24) is 0 Å². The molecule has 0 radical (unpaired) electrons. The van der Waals surface area contributed by atoms with Crippen molar-refractivity contribution in [2.24, 2.45) is 0 Å². The second-order valence-electron chi connectivity index (χ2n) is 12.6. The van der Waals surface area contributed by atoms with Gasteiger partial charge in [0.2, 0.25) is 11.4 Å². The molecule has 0 atom stereocenters. The Labute approximate surface area is 264 Å². The van der Waals surface area contributed by atoms with Crippen LogP contribution in [0.15, 0.2) is 71.8 Å². The van der Waals surface area contributed by atoms with Gasteiger partial charge in [-0.3, -0.25) is 0 Å². The Morgan fingerprint density at radius 1 is 0.558 bits per heavy atom. The van der Waals surface area contributed by atoms with Crippen LogP contribution < -0.4 is 0 Å². The van der Waals surface area contributed by atoms with Gasteiger partial charge < -0.3 is 5.53 Å². The second-order valence-corrected chi connectivity index (χ2v) is 12.6. The van der Waals surface area contributed by atoms with E-state index >= 15 is 0 Å². The molecule has 0 amide bonds. The largest absolute Gasteiger partial charge is 0.493 e. The minimum absolute atomic E-state index is 0.950. The molecule has 2 aromatic rings. The first-order valence-corrected chi connectivity index (χ1v) is 18.0. The van der Waals surface area contributed by atoms with Crippen LogP contribution in [0, 0.1) is 0 Å². The summed E-state index contributed by atoms with van der Waals surface area (Å²) in [5, 5.41) is 0. The van der Waals surface area contributed by atoms with E-state index in [4.69, 9.17) is 0 Å². The average molecular weight is 581 g/mol. The van der Waals surface area contributed by atoms with Gasteiger partial charge in [-0.25, -0.2) is 4.70 Å². The summed E-state index contributed by atoms with van der Waals surface area (Å²) in [7, 11) is 0. The molecule has 0 fully saturated rings. The van der Waals surface area contributed by atoms with Crippen molar-refractivity contribution in [2.75, 3.05) is 0 Å². The summed E-state index contributed by atoms with van der Waals surface area (Å²) >= 11 is 0. The molecule has 0 N–H and O–H groups in total. The van der Waals surface area contributed by atoms with Crippen LogP contribution >= 0.6 is 0 Å². The predicted octanol–water partition coefficient (Wildman–Crippen LogP) is 13.2. The number of nitrogens with zero attached hydrogens (tertiary/aromatic N) is 2. The first kappa shape index (κ1) is 34.7. The summed E-state index contributed by atoms with van der Waals surface area (Å²) in [6.45, 7) is 9.07. The van der Waals surface area contributed by atoms with Crippen LogP contribution in [0.5, 0.6) is 0 Å². The molecule has 3 rings (SSSR count). The van der Waals surface area contributed by atoms with E-state index in [1.165, 1.54) is 110 Å². The molecule has 1 aliphatic heterocycles. The Bertz CT molecular complexity index is 1210. The van der Waals surface area contributed by atoms with Crippen molar-refractivity contribution in [1.29, 1.82) is 0 Å². The zero-order valence-corrected chi connectivity index (χ0v) is 28.1. The molecule has 0 aliphatic carbocycles. The van der Waals surface area contributed by atoms with Gasteiger partial charge in [0.15, 0.2) is 0 Å². The third-order valence-corrected chi connectivity index (χ3v) is 8.87. The number of hydrogen-bond acceptors (Lipinski definition) is 0. The van der Waals surface area contributed by atoms with E-state index in [0.29, 0.717) is 0 Å². The van der Waals surface area contributed by atoms with Crippen LogP contribution in [-0.4, -0.2) is 4.70 Å². The predicted molar refractivity (Wildman–Crippen MR) is 188 cm³/mol. The fourth-order valence-electron chi connectivity index (χ4n) is 6.31. The van der Waals surface area contributed by atoms with Crippen LogP contribution in [-0.2, 0) is 12.8 Å². The molecule has 2 heteroatoms. The van der Waals surface area contributed by atoms with Gasteiger partial charge in [0.25, 0.3) is 0 Å². The third kappa shape index (κ3) is 11.0. The molecule has 43 heavy (non-hydrogen) atoms. The molecule has 0 unspecified atom stereocenters. The summed E-state index contributed by atoms with van der Waals surface area (Å²) in [4.78, 5) is 0. The zero-order valence-electron chi connectivity index (χ0n) is 28.1. The van der Waals surface area contributed by atoms with Gasteiger partial charge in [0, 0.05) is 16.7 Å². The maximum atomic E-state index is 12.0. The summed E-state index contributed by atoms with van der Waals surface area (Å²) in [5.74, 6) is 0. The van der Waals surface area contributed by atoms with Crippen LogP contribution in [0.4, 0.5) is 0 Å². The highest BCUT2D eigenvalue weighted by molar-refractivity contribution is 5.84. The molecule has 0 saturated carbocycles. The van der Waals surface area contributed by atoms with E-state index in [2.05, 4.69) is 88.4 Å². The second kappa shape index (κ2) is 20.3. The van der Waals surface area contributed by atoms with Crippen molar-refractivity contribution in [3.05, 3.63) is 99.6 Å². The monoisotopic (exact) mass is 580 g/mol. The third-order valence-electron chi connectivity index (χ3n) is 8.87. The number of unbranched alkanes of at least 4 members (excludes halogenated alkanes) is 12. The van der Waals surface area contributed by atoms with Crippen molar-refractivity contribution < 1.29 is 4.70 Å². The molecule has 234 valence electrons. The number of hydrogen-bond donors (Lipinski definition) is 0. The highest BCUT2D eigenvalue weighted by Crippen LogP contribution is 2.43. The molecule has 1 heterocycles. The van der Waals surface area contributed by atoms with Gasteiger partial charge in [-0.05, 0) is 86.8 Å². The van der Waals surface area contributed by atoms with E-state index in [1.54, 1.807) is 0 Å². The fourth-order valence-corrected chi connectivity index (χ4v) is 6.31. The van der Waals surface area contributed by atoms with Gasteiger partial charge in [0.1, 0.15) is 0 Å². The van der Waals surface area contributed by atoms with Crippen LogP contribution in [0.1, 0.15) is 159 Å². The van der Waals surface area contributed by atoms with Crippen molar-refractivity contribution in [2.45, 2.75) is 150 Å². The fraction of sp³-hybridized carbons (Fsp3) is 0.561. The van der Waals surface area contributed by atoms with Gasteiger partial charge >= 0.3 is 0 Å². The van der Waals surface area contributed by atoms with Gasteiger partial charge in [-0.15, -0.1) is 0 Å². The summed E-state index contributed by atoms with van der Waals surface area (Å²) in [6.07, 6.45) is 27.9. The number of aryl methyl sites for hydroxylation is 2. The lowest BCUT2D eigenvalue weighted by molar-refractivity contribution is -0.345. The lowest BCUT2D eigenvalue weighted by Gasteiger charge is -2.11. The van der Waals surface area contributed by atoms with Gasteiger partial charge in [0.05, 0.1) is 5.57 Å². The molecular weight excluding hydrogens is 520 g/mol. The van der Waals surface area contributed by atoms with Crippen molar-refractivity contribution in [3.8, 4) is 0 Å². The van der Waals surface area contributed by atoms with E-state index in [0.717, 1.165) is 61.0 Å². The maximum absolute atomic E-state index is 12.0. The zero-order chi connectivity index (χ0) is 30.7. The number of rotatable bonds is 22. The Balaban J connectivity index is 1.96. The molecular formula is C41H60N2. The van der Waals surface area contributed by atoms with E-state index < -0.39 is 0 Å². The highest BCUT2D eigenvalue weighted by atomic mass is 15.2. The van der Waals surface area contributed by atoms with Crippen molar-refractivity contribution in [3.63, 3.8) is 0 Å². The van der Waals surface area contributed by atoms with Crippen LogP contribution in [0.3, 0.4) is 0 Å². The van der Waals surface area contributed by atoms with Crippen molar-refractivity contribution >= 4 is 11.4 Å². The number of allylic oxidation sites excluding steroid dienone is 4. The summed E-state index contributed by atoms with van der Waals surface area (Å²) in [6, 6.07) is 17.9. The van der Waals surface area contributed by atoms with Gasteiger partial charge in [-0.1, -0.05) is 135 Å². The molecule has 2 aromatic carbocycles. The highest BCUT2D eigenvalue weighted by Gasteiger charge is 2.34. The lowest BCUT2D eigenvalue weighted by atomic mass is 9.93. The molecule has 0 aromatic heterocycles. The van der Waals surface area contributed by atoms with E-state index in [9.17, 15) is 5.53 Å².